The highest BCUT2D eigenvalue weighted by atomic mass is 32.1. The Bertz CT molecular complexity index is 957. The molecule has 0 spiro atoms. The first-order valence-electron chi connectivity index (χ1n) is 8.23. The fraction of sp³-hybridized carbons (Fsp3) is 0.211. The summed E-state index contributed by atoms with van der Waals surface area (Å²) in [4.78, 5) is 25.2. The Morgan fingerprint density at radius 2 is 1.88 bits per heavy atom. The first-order chi connectivity index (χ1) is 12.4. The van der Waals surface area contributed by atoms with Gasteiger partial charge in [-0.05, 0) is 38.5 Å². The Morgan fingerprint density at radius 3 is 2.46 bits per heavy atom. The molecule has 0 aliphatic rings. The highest BCUT2D eigenvalue weighted by molar-refractivity contribution is 7.20. The number of benzene rings is 1. The largest absolute Gasteiger partial charge is 0.366 e. The summed E-state index contributed by atoms with van der Waals surface area (Å²) in [5, 5.41) is 7.55. The Morgan fingerprint density at radius 1 is 1.19 bits per heavy atom. The zero-order valence-corrected chi connectivity index (χ0v) is 15.6. The lowest BCUT2D eigenvalue weighted by Crippen LogP contribution is -2.17. The van der Waals surface area contributed by atoms with Gasteiger partial charge in [-0.25, -0.2) is 0 Å². The smallest absolute Gasteiger partial charge is 0.276 e. The molecule has 2 amide bonds. The number of nitrogens with zero attached hydrogens (tertiary/aromatic N) is 2. The number of aromatic nitrogens is 2. The predicted molar refractivity (Wildman–Crippen MR) is 104 cm³/mol. The highest BCUT2D eigenvalue weighted by Gasteiger charge is 2.20. The molecule has 26 heavy (non-hydrogen) atoms. The van der Waals surface area contributed by atoms with Crippen LogP contribution in [-0.2, 0) is 0 Å². The fourth-order valence-electron chi connectivity index (χ4n) is 2.70. The van der Waals surface area contributed by atoms with Gasteiger partial charge in [-0.1, -0.05) is 30.3 Å². The van der Waals surface area contributed by atoms with Crippen LogP contribution in [0.25, 0.3) is 10.4 Å². The minimum Gasteiger partial charge on any atom is -0.366 e. The number of hydrogen-bond donors (Lipinski definition) is 2. The van der Waals surface area contributed by atoms with Crippen LogP contribution in [-0.4, -0.2) is 21.6 Å². The third-order valence-corrected chi connectivity index (χ3v) is 5.03. The summed E-state index contributed by atoms with van der Waals surface area (Å²) in [6, 6.07) is 13.2. The first-order valence-corrected chi connectivity index (χ1v) is 9.05. The molecular formula is C19H20N4O2S. The molecule has 2 heterocycles. The minimum absolute atomic E-state index is 0.157. The summed E-state index contributed by atoms with van der Waals surface area (Å²) in [5.41, 5.74) is 7.94. The molecule has 3 rings (SSSR count). The van der Waals surface area contributed by atoms with E-state index in [2.05, 4.69) is 10.4 Å². The van der Waals surface area contributed by atoms with Crippen LogP contribution in [0.4, 0.5) is 5.00 Å². The molecule has 0 saturated heterocycles. The van der Waals surface area contributed by atoms with Crippen LogP contribution >= 0.6 is 11.3 Å². The number of amides is 2. The van der Waals surface area contributed by atoms with Gasteiger partial charge < -0.3 is 11.1 Å². The van der Waals surface area contributed by atoms with Crippen molar-refractivity contribution >= 4 is 28.2 Å². The number of hydrogen-bond acceptors (Lipinski definition) is 4. The van der Waals surface area contributed by atoms with Crippen LogP contribution in [0, 0.1) is 6.92 Å². The summed E-state index contributed by atoms with van der Waals surface area (Å²) >= 11 is 1.31. The molecule has 0 aliphatic carbocycles. The van der Waals surface area contributed by atoms with Crippen molar-refractivity contribution < 1.29 is 9.59 Å². The Balaban J connectivity index is 1.91. The van der Waals surface area contributed by atoms with Gasteiger partial charge in [-0.3, -0.25) is 14.3 Å². The number of nitrogens with two attached hydrogens (primary N) is 1. The first kappa shape index (κ1) is 17.9. The number of primary amides is 1. The molecule has 6 nitrogen and oxygen atoms in total. The molecule has 2 aromatic heterocycles. The standard InChI is InChI=1S/C19H20N4O2S/c1-11(2)23-12(3)9-15(22-23)18(25)21-19-14(17(20)24)10-16(26-19)13-7-5-4-6-8-13/h4-11H,1-3H3,(H2,20,24)(H,21,25). The van der Waals surface area contributed by atoms with Crippen LogP contribution in [0.2, 0.25) is 0 Å². The Kier molecular flexibility index (Phi) is 4.90. The van der Waals surface area contributed by atoms with Crippen LogP contribution in [0.3, 0.4) is 0 Å². The van der Waals surface area contributed by atoms with E-state index >= 15 is 0 Å². The molecule has 3 aromatic rings. The number of anilines is 1. The van der Waals surface area contributed by atoms with Gasteiger partial charge in [0, 0.05) is 16.6 Å². The highest BCUT2D eigenvalue weighted by Crippen LogP contribution is 2.35. The van der Waals surface area contributed by atoms with E-state index in [1.165, 1.54) is 11.3 Å². The summed E-state index contributed by atoms with van der Waals surface area (Å²) in [6.45, 7) is 5.90. The Labute approximate surface area is 155 Å². The molecule has 3 N–H and O–H groups in total. The lowest BCUT2D eigenvalue weighted by molar-refractivity contribution is 0.100. The number of carbonyl (C=O) groups excluding carboxylic acids is 2. The molecule has 0 fully saturated rings. The van der Waals surface area contributed by atoms with Crippen LogP contribution in [0.15, 0.2) is 42.5 Å². The van der Waals surface area contributed by atoms with Crippen molar-refractivity contribution in [2.24, 2.45) is 5.73 Å². The topological polar surface area (TPSA) is 90.0 Å². The monoisotopic (exact) mass is 368 g/mol. The molecule has 0 bridgehead atoms. The second-order valence-corrected chi connectivity index (χ2v) is 7.30. The number of thiophene rings is 1. The van der Waals surface area contributed by atoms with Crippen molar-refractivity contribution in [3.05, 3.63) is 59.4 Å². The predicted octanol–water partition coefficient (Wildman–Crippen LogP) is 3.85. The molecular weight excluding hydrogens is 348 g/mol. The molecule has 0 saturated carbocycles. The van der Waals surface area contributed by atoms with Crippen molar-refractivity contribution in [3.63, 3.8) is 0 Å². The fourth-order valence-corrected chi connectivity index (χ4v) is 3.76. The quantitative estimate of drug-likeness (QED) is 0.717. The molecule has 0 aliphatic heterocycles. The third-order valence-electron chi connectivity index (χ3n) is 3.93. The maximum Gasteiger partial charge on any atom is 0.276 e. The summed E-state index contributed by atoms with van der Waals surface area (Å²) in [5.74, 6) is -0.945. The van der Waals surface area contributed by atoms with Gasteiger partial charge in [0.05, 0.1) is 5.56 Å². The zero-order chi connectivity index (χ0) is 18.8. The summed E-state index contributed by atoms with van der Waals surface area (Å²) in [6.07, 6.45) is 0. The van der Waals surface area contributed by atoms with E-state index in [-0.39, 0.29) is 11.9 Å². The average molecular weight is 368 g/mol. The normalized spacial score (nSPS) is 10.9. The molecule has 1 aromatic carbocycles. The van der Waals surface area contributed by atoms with Gasteiger partial charge in [0.2, 0.25) is 0 Å². The van der Waals surface area contributed by atoms with Gasteiger partial charge in [-0.15, -0.1) is 11.3 Å². The van der Waals surface area contributed by atoms with Gasteiger partial charge in [0.1, 0.15) is 5.00 Å². The number of nitrogens with one attached hydrogen (secondary N) is 1. The van der Waals surface area contributed by atoms with Crippen molar-refractivity contribution in [1.29, 1.82) is 0 Å². The second kappa shape index (κ2) is 7.13. The van der Waals surface area contributed by atoms with Crippen molar-refractivity contribution in [1.82, 2.24) is 9.78 Å². The van der Waals surface area contributed by atoms with E-state index in [0.717, 1.165) is 16.1 Å². The van der Waals surface area contributed by atoms with Gasteiger partial charge >= 0.3 is 0 Å². The van der Waals surface area contributed by atoms with Crippen LogP contribution in [0.5, 0.6) is 0 Å². The maximum absolute atomic E-state index is 12.6. The average Bonchev–Trinajstić information content (AvgIpc) is 3.19. The van der Waals surface area contributed by atoms with Gasteiger partial charge in [0.15, 0.2) is 5.69 Å². The lowest BCUT2D eigenvalue weighted by atomic mass is 10.1. The molecule has 0 unspecified atom stereocenters. The van der Waals surface area contributed by atoms with Crippen molar-refractivity contribution in [2.45, 2.75) is 26.8 Å². The SMILES string of the molecule is Cc1cc(C(=O)Nc2sc(-c3ccccc3)cc2C(N)=O)nn1C(C)C. The Hall–Kier alpha value is -2.93. The zero-order valence-electron chi connectivity index (χ0n) is 14.8. The lowest BCUT2D eigenvalue weighted by Gasteiger charge is -2.07. The third kappa shape index (κ3) is 3.52. The van der Waals surface area contributed by atoms with Crippen molar-refractivity contribution in [2.75, 3.05) is 5.32 Å². The molecule has 0 radical (unpaired) electrons. The summed E-state index contributed by atoms with van der Waals surface area (Å²) < 4.78 is 1.79. The molecule has 134 valence electrons. The van der Waals surface area contributed by atoms with Crippen molar-refractivity contribution in [3.8, 4) is 10.4 Å². The van der Waals surface area contributed by atoms with E-state index in [0.29, 0.717) is 16.3 Å². The minimum atomic E-state index is -0.581. The number of carbonyl (C=O) groups is 2. The van der Waals surface area contributed by atoms with E-state index < -0.39 is 5.91 Å². The van der Waals surface area contributed by atoms with Crippen LogP contribution < -0.4 is 11.1 Å². The number of aryl methyl sites for hydroxylation is 1. The van der Waals surface area contributed by atoms with Gasteiger partial charge in [0.25, 0.3) is 11.8 Å². The molecule has 0 atom stereocenters. The maximum atomic E-state index is 12.6. The summed E-state index contributed by atoms with van der Waals surface area (Å²) in [7, 11) is 0. The molecule has 7 heteroatoms. The van der Waals surface area contributed by atoms with E-state index in [1.54, 1.807) is 16.8 Å². The second-order valence-electron chi connectivity index (χ2n) is 6.25. The van der Waals surface area contributed by atoms with Crippen LogP contribution in [0.1, 0.15) is 46.4 Å². The van der Waals surface area contributed by atoms with E-state index in [9.17, 15) is 9.59 Å². The van der Waals surface area contributed by atoms with E-state index in [4.69, 9.17) is 5.73 Å². The number of rotatable bonds is 5. The van der Waals surface area contributed by atoms with E-state index in [1.807, 2.05) is 51.1 Å². The van der Waals surface area contributed by atoms with Gasteiger partial charge in [-0.2, -0.15) is 5.10 Å².